The van der Waals surface area contributed by atoms with E-state index in [1.54, 1.807) is 11.8 Å². The van der Waals surface area contributed by atoms with Gasteiger partial charge in [0.2, 0.25) is 0 Å². The van der Waals surface area contributed by atoms with E-state index in [9.17, 15) is 4.79 Å². The van der Waals surface area contributed by atoms with E-state index in [2.05, 4.69) is 25.3 Å². The molecule has 0 aromatic carbocycles. The standard InChI is InChI=1S/C13H16N6OS/c20-12(11-5-10-7-14-1-2-19(10)17-11)15-6-9-8-18-3-4-21-13(18)16-9/h5,8,14H,1-4,6-7H2,(H,15,20). The second-order valence-corrected chi connectivity index (χ2v) is 6.22. The molecule has 0 radical (unpaired) electrons. The highest BCUT2D eigenvalue weighted by molar-refractivity contribution is 7.99. The Hall–Kier alpha value is -1.80. The quantitative estimate of drug-likeness (QED) is 0.848. The first kappa shape index (κ1) is 12.9. The van der Waals surface area contributed by atoms with Gasteiger partial charge in [0.05, 0.1) is 24.5 Å². The van der Waals surface area contributed by atoms with E-state index < -0.39 is 0 Å². The lowest BCUT2D eigenvalue weighted by molar-refractivity contribution is 0.0944. The van der Waals surface area contributed by atoms with Crippen molar-refractivity contribution in [3.63, 3.8) is 0 Å². The van der Waals surface area contributed by atoms with Crippen molar-refractivity contribution in [2.24, 2.45) is 0 Å². The van der Waals surface area contributed by atoms with Gasteiger partial charge in [-0.1, -0.05) is 11.8 Å². The molecule has 2 aromatic rings. The Bertz CT molecular complexity index is 646. The summed E-state index contributed by atoms with van der Waals surface area (Å²) in [7, 11) is 0. The largest absolute Gasteiger partial charge is 0.345 e. The van der Waals surface area contributed by atoms with Crippen LogP contribution in [0.5, 0.6) is 0 Å². The third kappa shape index (κ3) is 2.44. The summed E-state index contributed by atoms with van der Waals surface area (Å²) in [4.78, 5) is 16.7. The summed E-state index contributed by atoms with van der Waals surface area (Å²) >= 11 is 1.75. The summed E-state index contributed by atoms with van der Waals surface area (Å²) in [6.07, 6.45) is 2.01. The number of carbonyl (C=O) groups excluding carboxylic acids is 1. The third-order valence-electron chi connectivity index (χ3n) is 3.69. The van der Waals surface area contributed by atoms with Gasteiger partial charge in [-0.2, -0.15) is 5.10 Å². The van der Waals surface area contributed by atoms with Crippen LogP contribution < -0.4 is 10.6 Å². The van der Waals surface area contributed by atoms with E-state index in [4.69, 9.17) is 0 Å². The van der Waals surface area contributed by atoms with Gasteiger partial charge in [-0.3, -0.25) is 9.48 Å². The van der Waals surface area contributed by atoms with Crippen molar-refractivity contribution < 1.29 is 4.79 Å². The summed E-state index contributed by atoms with van der Waals surface area (Å²) in [5.41, 5.74) is 2.44. The minimum Gasteiger partial charge on any atom is -0.345 e. The van der Waals surface area contributed by atoms with Crippen LogP contribution in [0, 0.1) is 0 Å². The van der Waals surface area contributed by atoms with Crippen LogP contribution in [0.15, 0.2) is 17.4 Å². The second-order valence-electron chi connectivity index (χ2n) is 5.16. The Balaban J connectivity index is 1.42. The van der Waals surface area contributed by atoms with Crippen LogP contribution in [0.2, 0.25) is 0 Å². The highest BCUT2D eigenvalue weighted by Gasteiger charge is 2.18. The van der Waals surface area contributed by atoms with Crippen LogP contribution in [0.3, 0.4) is 0 Å². The Kier molecular flexibility index (Phi) is 3.19. The minimum absolute atomic E-state index is 0.141. The van der Waals surface area contributed by atoms with Crippen molar-refractivity contribution in [1.82, 2.24) is 30.0 Å². The highest BCUT2D eigenvalue weighted by atomic mass is 32.2. The van der Waals surface area contributed by atoms with Crippen LogP contribution in [-0.2, 0) is 26.2 Å². The van der Waals surface area contributed by atoms with E-state index in [0.717, 1.165) is 48.5 Å². The van der Waals surface area contributed by atoms with Gasteiger partial charge in [-0.05, 0) is 6.07 Å². The number of carbonyl (C=O) groups is 1. The first-order valence-corrected chi connectivity index (χ1v) is 8.03. The molecule has 4 rings (SSSR count). The minimum atomic E-state index is -0.141. The molecular formula is C13H16N6OS. The zero-order valence-electron chi connectivity index (χ0n) is 11.5. The normalized spacial score (nSPS) is 16.6. The van der Waals surface area contributed by atoms with Crippen LogP contribution >= 0.6 is 11.8 Å². The molecule has 2 aromatic heterocycles. The van der Waals surface area contributed by atoms with Gasteiger partial charge in [-0.15, -0.1) is 0 Å². The van der Waals surface area contributed by atoms with Gasteiger partial charge in [0.15, 0.2) is 10.9 Å². The van der Waals surface area contributed by atoms with Crippen molar-refractivity contribution >= 4 is 17.7 Å². The molecule has 8 heteroatoms. The van der Waals surface area contributed by atoms with Crippen molar-refractivity contribution in [3.8, 4) is 0 Å². The third-order valence-corrected chi connectivity index (χ3v) is 4.66. The van der Waals surface area contributed by atoms with E-state index in [0.29, 0.717) is 12.2 Å². The Morgan fingerprint density at radius 3 is 3.29 bits per heavy atom. The fourth-order valence-electron chi connectivity index (χ4n) is 2.61. The molecule has 21 heavy (non-hydrogen) atoms. The summed E-state index contributed by atoms with van der Waals surface area (Å²) in [5.74, 6) is 0.946. The van der Waals surface area contributed by atoms with E-state index in [-0.39, 0.29) is 5.91 Å². The first-order chi connectivity index (χ1) is 10.3. The van der Waals surface area contributed by atoms with Crippen LogP contribution in [0.25, 0.3) is 0 Å². The molecule has 1 amide bonds. The lowest BCUT2D eigenvalue weighted by atomic mass is 10.3. The maximum absolute atomic E-state index is 12.2. The lowest BCUT2D eigenvalue weighted by Gasteiger charge is -2.13. The van der Waals surface area contributed by atoms with Crippen LogP contribution in [-0.4, -0.2) is 37.5 Å². The predicted molar refractivity (Wildman–Crippen MR) is 78.1 cm³/mol. The number of hydrogen-bond donors (Lipinski definition) is 2. The monoisotopic (exact) mass is 304 g/mol. The number of nitrogens with zero attached hydrogens (tertiary/aromatic N) is 4. The molecule has 7 nitrogen and oxygen atoms in total. The first-order valence-electron chi connectivity index (χ1n) is 7.04. The number of aromatic nitrogens is 4. The van der Waals surface area contributed by atoms with Crippen molar-refractivity contribution in [2.75, 3.05) is 12.3 Å². The molecule has 0 aliphatic carbocycles. The average Bonchev–Trinajstić information content (AvgIpc) is 3.17. The number of hydrogen-bond acceptors (Lipinski definition) is 5. The van der Waals surface area contributed by atoms with Gasteiger partial charge in [0.1, 0.15) is 0 Å². The molecule has 2 aliphatic heterocycles. The van der Waals surface area contributed by atoms with Gasteiger partial charge < -0.3 is 15.2 Å². The molecule has 0 bridgehead atoms. The predicted octanol–water partition coefficient (Wildman–Crippen LogP) is 0.218. The zero-order chi connectivity index (χ0) is 14.2. The highest BCUT2D eigenvalue weighted by Crippen LogP contribution is 2.24. The molecule has 0 saturated carbocycles. The molecular weight excluding hydrogens is 288 g/mol. The van der Waals surface area contributed by atoms with Gasteiger partial charge in [-0.25, -0.2) is 4.98 Å². The average molecular weight is 304 g/mol. The number of imidazole rings is 1. The summed E-state index contributed by atoms with van der Waals surface area (Å²) in [5, 5.41) is 11.6. The number of fused-ring (bicyclic) bond motifs is 2. The zero-order valence-corrected chi connectivity index (χ0v) is 12.3. The number of amides is 1. The molecule has 0 spiro atoms. The summed E-state index contributed by atoms with van der Waals surface area (Å²) in [6, 6.07) is 1.85. The number of aryl methyl sites for hydroxylation is 1. The van der Waals surface area contributed by atoms with Gasteiger partial charge in [0, 0.05) is 31.6 Å². The Labute approximate surface area is 126 Å². The summed E-state index contributed by atoms with van der Waals surface area (Å²) in [6.45, 7) is 3.92. The lowest BCUT2D eigenvalue weighted by Crippen LogP contribution is -2.28. The molecule has 110 valence electrons. The second kappa shape index (κ2) is 5.19. The fourth-order valence-corrected chi connectivity index (χ4v) is 3.57. The maximum atomic E-state index is 12.2. The van der Waals surface area contributed by atoms with E-state index in [1.807, 2.05) is 16.9 Å². The molecule has 0 unspecified atom stereocenters. The van der Waals surface area contributed by atoms with Crippen LogP contribution in [0.1, 0.15) is 21.9 Å². The molecule has 0 saturated heterocycles. The number of thioether (sulfide) groups is 1. The topological polar surface area (TPSA) is 76.8 Å². The SMILES string of the molecule is O=C(NCc1cn2c(n1)SCC2)c1cc2n(n1)CCNC2. The van der Waals surface area contributed by atoms with Crippen LogP contribution in [0.4, 0.5) is 0 Å². The molecule has 0 atom stereocenters. The fraction of sp³-hybridized carbons (Fsp3) is 0.462. The number of nitrogens with one attached hydrogen (secondary N) is 2. The van der Waals surface area contributed by atoms with Gasteiger partial charge >= 0.3 is 0 Å². The smallest absolute Gasteiger partial charge is 0.272 e. The van der Waals surface area contributed by atoms with E-state index >= 15 is 0 Å². The van der Waals surface area contributed by atoms with Gasteiger partial charge in [0.25, 0.3) is 5.91 Å². The Morgan fingerprint density at radius 2 is 2.43 bits per heavy atom. The van der Waals surface area contributed by atoms with E-state index in [1.165, 1.54) is 0 Å². The molecule has 0 fully saturated rings. The van der Waals surface area contributed by atoms with Crippen molar-refractivity contribution in [1.29, 1.82) is 0 Å². The number of rotatable bonds is 3. The molecule has 2 aliphatic rings. The van der Waals surface area contributed by atoms with Crippen molar-refractivity contribution in [3.05, 3.63) is 29.3 Å². The summed E-state index contributed by atoms with van der Waals surface area (Å²) < 4.78 is 4.03. The molecule has 2 N–H and O–H groups in total. The molecule has 4 heterocycles. The maximum Gasteiger partial charge on any atom is 0.272 e. The Morgan fingerprint density at radius 1 is 1.48 bits per heavy atom. The van der Waals surface area contributed by atoms with Crippen molar-refractivity contribution in [2.45, 2.75) is 31.3 Å².